The summed E-state index contributed by atoms with van der Waals surface area (Å²) in [6.45, 7) is 2.71. The van der Waals surface area contributed by atoms with Gasteiger partial charge in [-0.05, 0) is 89.9 Å². The molecule has 0 N–H and O–H groups in total. The monoisotopic (exact) mass is 459 g/mol. The lowest BCUT2D eigenvalue weighted by Gasteiger charge is -2.36. The zero-order valence-corrected chi connectivity index (χ0v) is 18.5. The van der Waals surface area contributed by atoms with Gasteiger partial charge in [-0.15, -0.1) is 0 Å². The van der Waals surface area contributed by atoms with Gasteiger partial charge in [-0.3, -0.25) is 0 Å². The van der Waals surface area contributed by atoms with E-state index < -0.39 is 11.7 Å². The molecule has 2 unspecified atom stereocenters. The molecule has 1 amide bonds. The van der Waals surface area contributed by atoms with Crippen LogP contribution in [-0.4, -0.2) is 23.6 Å². The van der Waals surface area contributed by atoms with E-state index in [2.05, 4.69) is 16.8 Å². The molecule has 0 saturated carbocycles. The van der Waals surface area contributed by atoms with Crippen LogP contribution in [0.2, 0.25) is 0 Å². The average Bonchev–Trinajstić information content (AvgIpc) is 3.30. The van der Waals surface area contributed by atoms with E-state index in [1.807, 2.05) is 19.1 Å². The highest BCUT2D eigenvalue weighted by molar-refractivity contribution is 7.08. The fourth-order valence-corrected chi connectivity index (χ4v) is 4.88. The molecule has 2 atom stereocenters. The van der Waals surface area contributed by atoms with Crippen molar-refractivity contribution in [2.45, 2.75) is 44.3 Å². The number of halogens is 3. The van der Waals surface area contributed by atoms with Crippen molar-refractivity contribution < 1.29 is 22.7 Å². The molecule has 4 rings (SSSR count). The molecule has 168 valence electrons. The van der Waals surface area contributed by atoms with Crippen LogP contribution in [-0.2, 0) is 12.6 Å². The zero-order valence-electron chi connectivity index (χ0n) is 17.6. The van der Waals surface area contributed by atoms with E-state index in [0.717, 1.165) is 36.1 Å². The second-order valence-electron chi connectivity index (χ2n) is 8.20. The van der Waals surface area contributed by atoms with E-state index in [9.17, 15) is 18.0 Å². The number of benzene rings is 2. The minimum Gasteiger partial charge on any atom is -0.410 e. The molecule has 32 heavy (non-hydrogen) atoms. The third-order valence-electron chi connectivity index (χ3n) is 5.94. The molecule has 1 aromatic heterocycles. The van der Waals surface area contributed by atoms with Crippen LogP contribution >= 0.6 is 11.3 Å². The van der Waals surface area contributed by atoms with Crippen LogP contribution in [0.1, 0.15) is 47.9 Å². The van der Waals surface area contributed by atoms with Crippen LogP contribution in [0.3, 0.4) is 0 Å². The van der Waals surface area contributed by atoms with E-state index >= 15 is 0 Å². The molecule has 7 heteroatoms. The number of ether oxygens (including phenoxy) is 1. The molecule has 0 aliphatic carbocycles. The SMILES string of the molecule is CC1CC(c2ccsc2)CCN1C(=O)Oc1ccc(Cc2ccc(C(F)(F)F)cc2)cc1. The molecule has 1 aliphatic heterocycles. The third kappa shape index (κ3) is 5.33. The highest BCUT2D eigenvalue weighted by Gasteiger charge is 2.31. The number of rotatable bonds is 4. The average molecular weight is 460 g/mol. The Hall–Kier alpha value is -2.80. The van der Waals surface area contributed by atoms with Gasteiger partial charge in [0.1, 0.15) is 5.75 Å². The van der Waals surface area contributed by atoms with Gasteiger partial charge in [0.25, 0.3) is 0 Å². The van der Waals surface area contributed by atoms with Crippen LogP contribution in [0.25, 0.3) is 0 Å². The van der Waals surface area contributed by atoms with Gasteiger partial charge in [0.2, 0.25) is 0 Å². The van der Waals surface area contributed by atoms with Crippen LogP contribution < -0.4 is 4.74 Å². The largest absolute Gasteiger partial charge is 0.416 e. The number of nitrogens with zero attached hydrogens (tertiary/aromatic N) is 1. The first-order chi connectivity index (χ1) is 15.3. The first-order valence-corrected chi connectivity index (χ1v) is 11.5. The van der Waals surface area contributed by atoms with Crippen molar-refractivity contribution in [3.63, 3.8) is 0 Å². The van der Waals surface area contributed by atoms with Crippen molar-refractivity contribution in [1.82, 2.24) is 4.90 Å². The number of alkyl halides is 3. The number of thiophene rings is 1. The standard InChI is InChI=1S/C25H24F3NO2S/c1-17-14-20(21-11-13-32-16-21)10-12-29(17)24(30)31-23-8-4-19(5-9-23)15-18-2-6-22(7-3-18)25(26,27)28/h2-9,11,13,16-17,20H,10,12,14-15H2,1H3. The summed E-state index contributed by atoms with van der Waals surface area (Å²) < 4.78 is 43.7. The lowest BCUT2D eigenvalue weighted by Crippen LogP contribution is -2.45. The topological polar surface area (TPSA) is 29.5 Å². The molecule has 1 fully saturated rings. The lowest BCUT2D eigenvalue weighted by molar-refractivity contribution is -0.137. The maximum Gasteiger partial charge on any atom is 0.416 e. The zero-order chi connectivity index (χ0) is 22.7. The molecule has 0 bridgehead atoms. The van der Waals surface area contributed by atoms with Gasteiger partial charge in [-0.1, -0.05) is 24.3 Å². The Kier molecular flexibility index (Phi) is 6.55. The summed E-state index contributed by atoms with van der Waals surface area (Å²) in [6, 6.07) is 14.5. The van der Waals surface area contributed by atoms with Gasteiger partial charge >= 0.3 is 12.3 Å². The van der Waals surface area contributed by atoms with Crippen molar-refractivity contribution >= 4 is 17.4 Å². The Morgan fingerprint density at radius 3 is 2.28 bits per heavy atom. The van der Waals surface area contributed by atoms with E-state index in [1.165, 1.54) is 17.7 Å². The number of piperidine rings is 1. The van der Waals surface area contributed by atoms with Crippen molar-refractivity contribution in [2.75, 3.05) is 6.54 Å². The first-order valence-electron chi connectivity index (χ1n) is 10.6. The Morgan fingerprint density at radius 2 is 1.72 bits per heavy atom. The number of hydrogen-bond acceptors (Lipinski definition) is 3. The fourth-order valence-electron chi connectivity index (χ4n) is 4.14. The van der Waals surface area contributed by atoms with Crippen molar-refractivity contribution in [3.05, 3.63) is 87.6 Å². The summed E-state index contributed by atoms with van der Waals surface area (Å²) in [5.41, 5.74) is 2.40. The minimum atomic E-state index is -4.33. The quantitative estimate of drug-likeness (QED) is 0.416. The number of hydrogen-bond donors (Lipinski definition) is 0. The van der Waals surface area contributed by atoms with Gasteiger partial charge in [0.15, 0.2) is 0 Å². The number of amides is 1. The van der Waals surface area contributed by atoms with E-state index in [-0.39, 0.29) is 12.1 Å². The van der Waals surface area contributed by atoms with Crippen molar-refractivity contribution in [1.29, 1.82) is 0 Å². The normalized spacial score (nSPS) is 19.1. The summed E-state index contributed by atoms with van der Waals surface area (Å²) in [5.74, 6) is 0.933. The summed E-state index contributed by atoms with van der Waals surface area (Å²) in [7, 11) is 0. The molecule has 2 heterocycles. The van der Waals surface area contributed by atoms with Crippen LogP contribution in [0.4, 0.5) is 18.0 Å². The van der Waals surface area contributed by atoms with Crippen LogP contribution in [0, 0.1) is 0 Å². The predicted octanol–water partition coefficient (Wildman–Crippen LogP) is 7.12. The third-order valence-corrected chi connectivity index (χ3v) is 6.64. The smallest absolute Gasteiger partial charge is 0.410 e. The predicted molar refractivity (Wildman–Crippen MR) is 119 cm³/mol. The van der Waals surface area contributed by atoms with Crippen molar-refractivity contribution in [2.24, 2.45) is 0 Å². The molecule has 1 aliphatic rings. The number of likely N-dealkylation sites (tertiary alicyclic amines) is 1. The number of carbonyl (C=O) groups excluding carboxylic acids is 1. The summed E-state index contributed by atoms with van der Waals surface area (Å²) in [6.07, 6.45) is -2.35. The molecule has 2 aromatic carbocycles. The summed E-state index contributed by atoms with van der Waals surface area (Å²) in [5, 5.41) is 4.26. The van der Waals surface area contributed by atoms with E-state index in [4.69, 9.17) is 4.74 Å². The van der Waals surface area contributed by atoms with Gasteiger partial charge in [-0.25, -0.2) is 4.79 Å². The maximum atomic E-state index is 12.7. The van der Waals surface area contributed by atoms with Crippen molar-refractivity contribution in [3.8, 4) is 5.75 Å². The summed E-state index contributed by atoms with van der Waals surface area (Å²) in [4.78, 5) is 14.5. The minimum absolute atomic E-state index is 0.0973. The van der Waals surface area contributed by atoms with E-state index in [0.29, 0.717) is 24.6 Å². The molecular formula is C25H24F3NO2S. The Balaban J connectivity index is 1.32. The van der Waals surface area contributed by atoms with Crippen LogP contribution in [0.5, 0.6) is 5.75 Å². The molecule has 0 spiro atoms. The molecule has 3 nitrogen and oxygen atoms in total. The maximum absolute atomic E-state index is 12.7. The second kappa shape index (κ2) is 9.36. The highest BCUT2D eigenvalue weighted by Crippen LogP contribution is 2.33. The van der Waals surface area contributed by atoms with Gasteiger partial charge in [-0.2, -0.15) is 24.5 Å². The Bertz CT molecular complexity index is 1030. The van der Waals surface area contributed by atoms with E-state index in [1.54, 1.807) is 28.4 Å². The Labute approximate surface area is 189 Å². The first kappa shape index (κ1) is 22.4. The van der Waals surface area contributed by atoms with Gasteiger partial charge < -0.3 is 9.64 Å². The van der Waals surface area contributed by atoms with Gasteiger partial charge in [0, 0.05) is 12.6 Å². The van der Waals surface area contributed by atoms with Gasteiger partial charge in [0.05, 0.1) is 5.56 Å². The highest BCUT2D eigenvalue weighted by atomic mass is 32.1. The van der Waals surface area contributed by atoms with Crippen LogP contribution in [0.15, 0.2) is 65.4 Å². The lowest BCUT2D eigenvalue weighted by atomic mass is 9.87. The molecule has 3 aromatic rings. The summed E-state index contributed by atoms with van der Waals surface area (Å²) >= 11 is 1.70. The molecular weight excluding hydrogens is 435 g/mol. The molecule has 1 saturated heterocycles. The number of carbonyl (C=O) groups is 1. The fraction of sp³-hybridized carbons (Fsp3) is 0.320. The molecule has 0 radical (unpaired) electrons. The second-order valence-corrected chi connectivity index (χ2v) is 8.98. The Morgan fingerprint density at radius 1 is 1.06 bits per heavy atom.